The van der Waals surface area contributed by atoms with Gasteiger partial charge >= 0.3 is 0 Å². The molecule has 0 aliphatic carbocycles. The lowest BCUT2D eigenvalue weighted by molar-refractivity contribution is 0.0935. The summed E-state index contributed by atoms with van der Waals surface area (Å²) in [7, 11) is 0. The highest BCUT2D eigenvalue weighted by Crippen LogP contribution is 2.18. The zero-order valence-corrected chi connectivity index (χ0v) is 12.0. The molecule has 2 heterocycles. The number of hydrogen-bond donors (Lipinski definition) is 3. The number of hydrogen-bond acceptors (Lipinski definition) is 3. The van der Waals surface area contributed by atoms with Crippen LogP contribution in [0.2, 0.25) is 0 Å². The van der Waals surface area contributed by atoms with Gasteiger partial charge in [-0.1, -0.05) is 0 Å². The quantitative estimate of drug-likeness (QED) is 0.808. The van der Waals surface area contributed by atoms with Crippen LogP contribution in [0.25, 0.3) is 11.3 Å². The zero-order valence-electron chi connectivity index (χ0n) is 11.2. The van der Waals surface area contributed by atoms with Crippen LogP contribution in [0.4, 0.5) is 4.39 Å². The molecule has 1 fully saturated rings. The first-order valence-electron chi connectivity index (χ1n) is 6.55. The van der Waals surface area contributed by atoms with Crippen LogP contribution in [0.15, 0.2) is 30.3 Å². The Morgan fingerprint density at radius 1 is 1.33 bits per heavy atom. The average Bonchev–Trinajstić information content (AvgIpc) is 3.10. The molecule has 1 aromatic heterocycles. The first-order valence-corrected chi connectivity index (χ1v) is 6.55. The van der Waals surface area contributed by atoms with Crippen LogP contribution in [0, 0.1) is 5.82 Å². The van der Waals surface area contributed by atoms with Gasteiger partial charge in [0.05, 0.1) is 5.69 Å². The average molecular weight is 311 g/mol. The van der Waals surface area contributed by atoms with Gasteiger partial charge in [0.15, 0.2) is 0 Å². The van der Waals surface area contributed by atoms with Crippen molar-refractivity contribution in [2.75, 3.05) is 13.1 Å². The van der Waals surface area contributed by atoms with Crippen molar-refractivity contribution in [2.24, 2.45) is 0 Å². The van der Waals surface area contributed by atoms with Crippen molar-refractivity contribution in [1.82, 2.24) is 20.8 Å². The number of aromatic amines is 1. The number of H-pyrrole nitrogens is 1. The minimum absolute atomic E-state index is 0. The molecule has 1 unspecified atom stereocenters. The Bertz CT molecular complexity index is 608. The molecule has 0 bridgehead atoms. The molecular weight excluding hydrogens is 295 g/mol. The van der Waals surface area contributed by atoms with Gasteiger partial charge < -0.3 is 10.6 Å². The fourth-order valence-electron chi connectivity index (χ4n) is 2.25. The highest BCUT2D eigenvalue weighted by atomic mass is 35.5. The second-order valence-corrected chi connectivity index (χ2v) is 4.84. The van der Waals surface area contributed by atoms with Crippen LogP contribution in [-0.2, 0) is 0 Å². The van der Waals surface area contributed by atoms with Gasteiger partial charge in [0.25, 0.3) is 5.91 Å². The van der Waals surface area contributed by atoms with E-state index in [1.807, 2.05) is 0 Å². The van der Waals surface area contributed by atoms with E-state index in [9.17, 15) is 9.18 Å². The molecule has 1 aliphatic rings. The molecule has 1 amide bonds. The number of carbonyl (C=O) groups is 1. The van der Waals surface area contributed by atoms with Gasteiger partial charge in [0, 0.05) is 18.2 Å². The summed E-state index contributed by atoms with van der Waals surface area (Å²) in [5.41, 5.74) is 1.81. The summed E-state index contributed by atoms with van der Waals surface area (Å²) in [5.74, 6) is -0.462. The second-order valence-electron chi connectivity index (χ2n) is 4.84. The maximum Gasteiger partial charge on any atom is 0.269 e. The van der Waals surface area contributed by atoms with Gasteiger partial charge in [-0.2, -0.15) is 5.10 Å². The first-order chi connectivity index (χ1) is 9.72. The van der Waals surface area contributed by atoms with Gasteiger partial charge in [-0.15, -0.1) is 12.4 Å². The predicted octanol–water partition coefficient (Wildman–Crippen LogP) is 1.73. The van der Waals surface area contributed by atoms with Crippen molar-refractivity contribution in [3.05, 3.63) is 41.8 Å². The summed E-state index contributed by atoms with van der Waals surface area (Å²) >= 11 is 0. The monoisotopic (exact) mass is 310 g/mol. The molecule has 5 nitrogen and oxygen atoms in total. The third-order valence-corrected chi connectivity index (χ3v) is 3.36. The van der Waals surface area contributed by atoms with E-state index in [-0.39, 0.29) is 30.2 Å². The molecule has 21 heavy (non-hydrogen) atoms. The van der Waals surface area contributed by atoms with Crippen LogP contribution < -0.4 is 10.6 Å². The van der Waals surface area contributed by atoms with Crippen LogP contribution in [0.3, 0.4) is 0 Å². The van der Waals surface area contributed by atoms with Gasteiger partial charge in [-0.3, -0.25) is 9.89 Å². The van der Waals surface area contributed by atoms with Crippen molar-refractivity contribution in [3.63, 3.8) is 0 Å². The summed E-state index contributed by atoms with van der Waals surface area (Å²) in [6.45, 7) is 1.72. The van der Waals surface area contributed by atoms with Crippen molar-refractivity contribution in [3.8, 4) is 11.3 Å². The second kappa shape index (κ2) is 6.69. The minimum Gasteiger partial charge on any atom is -0.347 e. The van der Waals surface area contributed by atoms with E-state index in [0.717, 1.165) is 25.1 Å². The summed E-state index contributed by atoms with van der Waals surface area (Å²) in [4.78, 5) is 12.0. The van der Waals surface area contributed by atoms with Crippen LogP contribution >= 0.6 is 12.4 Å². The summed E-state index contributed by atoms with van der Waals surface area (Å²) < 4.78 is 12.9. The van der Waals surface area contributed by atoms with Gasteiger partial charge in [0.1, 0.15) is 11.5 Å². The number of halogens is 2. The molecule has 1 saturated heterocycles. The topological polar surface area (TPSA) is 69.8 Å². The number of carbonyl (C=O) groups excluding carboxylic acids is 1. The molecule has 3 N–H and O–H groups in total. The Hall–Kier alpha value is -1.92. The molecule has 3 rings (SSSR count). The maximum absolute atomic E-state index is 12.9. The van der Waals surface area contributed by atoms with E-state index < -0.39 is 0 Å². The van der Waals surface area contributed by atoms with Crippen molar-refractivity contribution < 1.29 is 9.18 Å². The Kier molecular flexibility index (Phi) is 4.93. The standard InChI is InChI=1S/C14H15FN4O.ClH/c15-10-3-1-9(2-4-10)12-7-13(19-18-12)14(20)17-11-5-6-16-8-11;/h1-4,7,11,16H,5-6,8H2,(H,17,20)(H,18,19);1H. The van der Waals surface area contributed by atoms with Crippen molar-refractivity contribution in [1.29, 1.82) is 0 Å². The normalized spacial score (nSPS) is 17.3. The smallest absolute Gasteiger partial charge is 0.269 e. The van der Waals surface area contributed by atoms with E-state index in [1.165, 1.54) is 12.1 Å². The van der Waals surface area contributed by atoms with Crippen LogP contribution in [0.5, 0.6) is 0 Å². The largest absolute Gasteiger partial charge is 0.347 e. The lowest BCUT2D eigenvalue weighted by Gasteiger charge is -2.09. The van der Waals surface area contributed by atoms with Crippen LogP contribution in [0.1, 0.15) is 16.9 Å². The molecule has 2 aromatic rings. The Morgan fingerprint density at radius 3 is 2.76 bits per heavy atom. The Morgan fingerprint density at radius 2 is 2.10 bits per heavy atom. The number of rotatable bonds is 3. The molecule has 7 heteroatoms. The molecule has 112 valence electrons. The predicted molar refractivity (Wildman–Crippen MR) is 80.0 cm³/mol. The van der Waals surface area contributed by atoms with Gasteiger partial charge in [-0.25, -0.2) is 4.39 Å². The van der Waals surface area contributed by atoms with E-state index in [0.29, 0.717) is 11.4 Å². The van der Waals surface area contributed by atoms with E-state index in [1.54, 1.807) is 18.2 Å². The number of benzene rings is 1. The summed E-state index contributed by atoms with van der Waals surface area (Å²) in [6.07, 6.45) is 0.935. The zero-order chi connectivity index (χ0) is 13.9. The van der Waals surface area contributed by atoms with E-state index in [2.05, 4.69) is 20.8 Å². The summed E-state index contributed by atoms with van der Waals surface area (Å²) in [5, 5.41) is 12.9. The fourth-order valence-corrected chi connectivity index (χ4v) is 2.25. The van der Waals surface area contributed by atoms with Gasteiger partial charge in [-0.05, 0) is 43.3 Å². The Labute approximate surface area is 127 Å². The third-order valence-electron chi connectivity index (χ3n) is 3.36. The van der Waals surface area contributed by atoms with Gasteiger partial charge in [0.2, 0.25) is 0 Å². The lowest BCUT2D eigenvalue weighted by atomic mass is 10.1. The molecular formula is C14H16ClFN4O. The third kappa shape index (κ3) is 3.59. The fraction of sp³-hybridized carbons (Fsp3) is 0.286. The van der Waals surface area contributed by atoms with E-state index >= 15 is 0 Å². The molecule has 0 radical (unpaired) electrons. The highest BCUT2D eigenvalue weighted by molar-refractivity contribution is 5.93. The number of nitrogens with one attached hydrogen (secondary N) is 3. The molecule has 1 aromatic carbocycles. The Balaban J connectivity index is 0.00000161. The lowest BCUT2D eigenvalue weighted by Crippen LogP contribution is -2.36. The summed E-state index contributed by atoms with van der Waals surface area (Å²) in [6, 6.07) is 7.84. The van der Waals surface area contributed by atoms with E-state index in [4.69, 9.17) is 0 Å². The van der Waals surface area contributed by atoms with Crippen LogP contribution in [-0.4, -0.2) is 35.2 Å². The molecule has 0 spiro atoms. The maximum atomic E-state index is 12.9. The molecule has 0 saturated carbocycles. The molecule has 1 aliphatic heterocycles. The number of amides is 1. The first kappa shape index (κ1) is 15.5. The SMILES string of the molecule is Cl.O=C(NC1CCNC1)c1cc(-c2ccc(F)cc2)n[nH]1. The van der Waals surface area contributed by atoms with Crippen molar-refractivity contribution in [2.45, 2.75) is 12.5 Å². The number of nitrogens with zero attached hydrogens (tertiary/aromatic N) is 1. The highest BCUT2D eigenvalue weighted by Gasteiger charge is 2.19. The molecule has 1 atom stereocenters. The van der Waals surface area contributed by atoms with Crippen molar-refractivity contribution >= 4 is 18.3 Å². The number of aromatic nitrogens is 2. The minimum atomic E-state index is -0.295.